The van der Waals surface area contributed by atoms with Gasteiger partial charge in [-0.25, -0.2) is 4.21 Å². The largest absolute Gasteiger partial charge is 0.230 e. The van der Waals surface area contributed by atoms with Gasteiger partial charge in [-0.2, -0.15) is 4.40 Å². The van der Waals surface area contributed by atoms with E-state index in [-0.39, 0.29) is 0 Å². The minimum absolute atomic E-state index is 0.833. The Morgan fingerprint density at radius 2 is 2.57 bits per heavy atom. The molecular weight excluding hydrogens is 110 g/mol. The lowest BCUT2D eigenvalue weighted by Crippen LogP contribution is -1.76. The fraction of sp³-hybridized carbons (Fsp3) is 0.250. The molecule has 7 heavy (non-hydrogen) atoms. The molecule has 1 atom stereocenters. The maximum Gasteiger partial charge on any atom is 0.168 e. The molecule has 1 rings (SSSR count). The van der Waals surface area contributed by atoms with Crippen LogP contribution in [0.1, 0.15) is 6.92 Å². The molecule has 38 valence electrons. The molecule has 0 aliphatic carbocycles. The Bertz CT molecular complexity index is 159. The van der Waals surface area contributed by atoms with E-state index in [0.29, 0.717) is 0 Å². The molecule has 0 aromatic heterocycles. The first-order chi connectivity index (χ1) is 3.30. The van der Waals surface area contributed by atoms with E-state index >= 15 is 0 Å². The first-order valence-electron chi connectivity index (χ1n) is 1.93. The van der Waals surface area contributed by atoms with Crippen molar-refractivity contribution in [2.75, 3.05) is 0 Å². The van der Waals surface area contributed by atoms with Crippen molar-refractivity contribution in [1.82, 2.24) is 0 Å². The zero-order valence-corrected chi connectivity index (χ0v) is 4.73. The molecule has 1 aliphatic heterocycles. The summed E-state index contributed by atoms with van der Waals surface area (Å²) in [4.78, 5) is 0.833. The molecule has 0 aromatic rings. The lowest BCUT2D eigenvalue weighted by Gasteiger charge is -1.79. The normalized spacial score (nSPS) is 28.1. The van der Waals surface area contributed by atoms with Crippen molar-refractivity contribution in [3.8, 4) is 0 Å². The summed E-state index contributed by atoms with van der Waals surface area (Å²) in [5.74, 6) is 0. The van der Waals surface area contributed by atoms with Crippen LogP contribution in [0.2, 0.25) is 0 Å². The highest BCUT2D eigenvalue weighted by Crippen LogP contribution is 2.04. The van der Waals surface area contributed by atoms with E-state index in [2.05, 4.69) is 4.40 Å². The minimum atomic E-state index is -1.04. The molecule has 0 saturated heterocycles. The van der Waals surface area contributed by atoms with Crippen molar-refractivity contribution in [2.45, 2.75) is 6.92 Å². The molecule has 0 amide bonds. The van der Waals surface area contributed by atoms with Gasteiger partial charge in [0.15, 0.2) is 11.0 Å². The second kappa shape index (κ2) is 1.58. The van der Waals surface area contributed by atoms with Gasteiger partial charge in [0.1, 0.15) is 0 Å². The van der Waals surface area contributed by atoms with Crippen molar-refractivity contribution < 1.29 is 4.21 Å². The van der Waals surface area contributed by atoms with Crippen LogP contribution >= 0.6 is 0 Å². The van der Waals surface area contributed by atoms with Crippen LogP contribution in [0.5, 0.6) is 0 Å². The molecule has 0 aromatic carbocycles. The maximum atomic E-state index is 10.4. The van der Waals surface area contributed by atoms with Crippen LogP contribution in [0.3, 0.4) is 0 Å². The smallest absolute Gasteiger partial charge is 0.168 e. The van der Waals surface area contributed by atoms with Gasteiger partial charge in [-0.15, -0.1) is 0 Å². The van der Waals surface area contributed by atoms with Crippen molar-refractivity contribution >= 4 is 17.2 Å². The molecule has 0 radical (unpaired) electrons. The molecule has 0 bridgehead atoms. The average Bonchev–Trinajstić information content (AvgIpc) is 1.91. The second-order valence-corrected chi connectivity index (χ2v) is 2.63. The van der Waals surface area contributed by atoms with E-state index < -0.39 is 11.0 Å². The lowest BCUT2D eigenvalue weighted by atomic mass is 10.6. The van der Waals surface area contributed by atoms with E-state index in [1.807, 2.05) is 0 Å². The highest BCUT2D eigenvalue weighted by molar-refractivity contribution is 7.88. The zero-order valence-electron chi connectivity index (χ0n) is 3.92. The molecular formula is C4H5NOS. The zero-order chi connectivity index (χ0) is 5.28. The van der Waals surface area contributed by atoms with Crippen molar-refractivity contribution in [3.63, 3.8) is 0 Å². The molecule has 0 spiro atoms. The predicted octanol–water partition coefficient (Wildman–Crippen LogP) is 0.638. The fourth-order valence-electron chi connectivity index (χ4n) is 0.332. The Kier molecular flexibility index (Phi) is 1.06. The number of allylic oxidation sites excluding steroid dienone is 2. The molecule has 1 unspecified atom stereocenters. The minimum Gasteiger partial charge on any atom is -0.230 e. The van der Waals surface area contributed by atoms with Crippen molar-refractivity contribution in [3.05, 3.63) is 11.0 Å². The summed E-state index contributed by atoms with van der Waals surface area (Å²) in [6, 6.07) is 0. The van der Waals surface area contributed by atoms with Gasteiger partial charge in [0, 0.05) is 11.1 Å². The van der Waals surface area contributed by atoms with Gasteiger partial charge < -0.3 is 0 Å². The summed E-state index contributed by atoms with van der Waals surface area (Å²) in [5, 5.41) is 0. The Labute approximate surface area is 44.5 Å². The van der Waals surface area contributed by atoms with E-state index in [1.54, 1.807) is 19.2 Å². The predicted molar refractivity (Wildman–Crippen MR) is 30.4 cm³/mol. The third-order valence-corrected chi connectivity index (χ3v) is 1.74. The number of rotatable bonds is 0. The highest BCUT2D eigenvalue weighted by atomic mass is 32.2. The van der Waals surface area contributed by atoms with Crippen LogP contribution in [0.25, 0.3) is 0 Å². The molecule has 0 saturated carbocycles. The number of nitrogens with zero attached hydrogens (tertiary/aromatic N) is 1. The third-order valence-electron chi connectivity index (χ3n) is 0.741. The van der Waals surface area contributed by atoms with Gasteiger partial charge >= 0.3 is 0 Å². The standard InChI is InChI=1S/C4H5NOS/c1-4-2-3-5-7(4)6/h2-3H,1H3. The van der Waals surface area contributed by atoms with Crippen LogP contribution in [0.15, 0.2) is 15.4 Å². The van der Waals surface area contributed by atoms with Crippen molar-refractivity contribution in [2.24, 2.45) is 4.40 Å². The van der Waals surface area contributed by atoms with Gasteiger partial charge in [0.05, 0.1) is 0 Å². The summed E-state index contributed by atoms with van der Waals surface area (Å²) < 4.78 is 14.0. The van der Waals surface area contributed by atoms with Crippen LogP contribution in [0.4, 0.5) is 0 Å². The third kappa shape index (κ3) is 0.771. The summed E-state index contributed by atoms with van der Waals surface area (Å²) in [6.45, 7) is 1.79. The van der Waals surface area contributed by atoms with Crippen LogP contribution in [0, 0.1) is 0 Å². The van der Waals surface area contributed by atoms with Crippen LogP contribution in [-0.2, 0) is 11.0 Å². The van der Waals surface area contributed by atoms with E-state index in [0.717, 1.165) is 4.91 Å². The summed E-state index contributed by atoms with van der Waals surface area (Å²) in [5.41, 5.74) is 0. The molecule has 1 aliphatic rings. The quantitative estimate of drug-likeness (QED) is 0.455. The monoisotopic (exact) mass is 115 g/mol. The summed E-state index contributed by atoms with van der Waals surface area (Å²) in [7, 11) is -1.04. The summed E-state index contributed by atoms with van der Waals surface area (Å²) in [6.07, 6.45) is 3.31. The maximum absolute atomic E-state index is 10.4. The first-order valence-corrected chi connectivity index (χ1v) is 3.04. The van der Waals surface area contributed by atoms with Crippen LogP contribution in [-0.4, -0.2) is 10.4 Å². The Morgan fingerprint density at radius 3 is 2.71 bits per heavy atom. The first kappa shape index (κ1) is 4.71. The van der Waals surface area contributed by atoms with Gasteiger partial charge in [0.25, 0.3) is 0 Å². The van der Waals surface area contributed by atoms with Gasteiger partial charge in [0.2, 0.25) is 0 Å². The fourth-order valence-corrected chi connectivity index (χ4v) is 0.847. The van der Waals surface area contributed by atoms with E-state index in [4.69, 9.17) is 0 Å². The molecule has 0 N–H and O–H groups in total. The molecule has 2 nitrogen and oxygen atoms in total. The number of hydrogen-bond donors (Lipinski definition) is 0. The van der Waals surface area contributed by atoms with Gasteiger partial charge in [-0.1, -0.05) is 0 Å². The molecule has 1 heterocycles. The average molecular weight is 115 g/mol. The van der Waals surface area contributed by atoms with Crippen molar-refractivity contribution in [1.29, 1.82) is 0 Å². The van der Waals surface area contributed by atoms with Crippen LogP contribution < -0.4 is 0 Å². The summed E-state index contributed by atoms with van der Waals surface area (Å²) >= 11 is 0. The topological polar surface area (TPSA) is 29.4 Å². The van der Waals surface area contributed by atoms with Gasteiger partial charge in [-0.05, 0) is 13.0 Å². The highest BCUT2D eigenvalue weighted by Gasteiger charge is 2.00. The Balaban J connectivity index is 2.89. The Hall–Kier alpha value is -0.440. The SMILES string of the molecule is CC1=CC=NS1=O. The Morgan fingerprint density at radius 1 is 1.86 bits per heavy atom. The lowest BCUT2D eigenvalue weighted by molar-refractivity contribution is 0.688. The second-order valence-electron chi connectivity index (χ2n) is 1.28. The van der Waals surface area contributed by atoms with E-state index in [9.17, 15) is 4.21 Å². The van der Waals surface area contributed by atoms with E-state index in [1.165, 1.54) is 0 Å². The molecule has 3 heteroatoms. The van der Waals surface area contributed by atoms with Gasteiger partial charge in [-0.3, -0.25) is 0 Å². The molecule has 0 fully saturated rings. The number of hydrogen-bond acceptors (Lipinski definition) is 1.